The molecule has 0 aliphatic carbocycles. The van der Waals surface area contributed by atoms with Crippen molar-refractivity contribution >= 4 is 17.2 Å². The van der Waals surface area contributed by atoms with Crippen molar-refractivity contribution in [2.24, 2.45) is 10.2 Å². The van der Waals surface area contributed by atoms with Crippen molar-refractivity contribution in [1.29, 1.82) is 0 Å². The average molecular weight is 392 g/mol. The molecule has 3 aromatic rings. The highest BCUT2D eigenvalue weighted by Gasteiger charge is 2.18. The van der Waals surface area contributed by atoms with Crippen LogP contribution in [0.5, 0.6) is 11.5 Å². The molecule has 0 saturated carbocycles. The van der Waals surface area contributed by atoms with Crippen LogP contribution in [0.1, 0.15) is 43.5 Å². The highest BCUT2D eigenvalue weighted by atomic mass is 16.5. The van der Waals surface area contributed by atoms with Crippen molar-refractivity contribution < 1.29 is 4.74 Å². The number of hydrogen-bond donors (Lipinski definition) is 1. The SMILES string of the molecule is CCN(C)c1ccc(N=Nc2n[nH]c(C(C)C)c2Oc2ccc(C)cc2)c(C)c1. The molecule has 0 atom stereocenters. The average Bonchev–Trinajstić information content (AvgIpc) is 3.10. The van der Waals surface area contributed by atoms with Crippen LogP contribution < -0.4 is 9.64 Å². The molecule has 0 fully saturated rings. The normalized spacial score (nSPS) is 11.4. The van der Waals surface area contributed by atoms with E-state index in [2.05, 4.69) is 65.3 Å². The molecule has 1 N–H and O–H groups in total. The number of anilines is 1. The maximum Gasteiger partial charge on any atom is 0.238 e. The minimum atomic E-state index is 0.220. The Bertz CT molecular complexity index is 989. The molecule has 0 aliphatic rings. The Balaban J connectivity index is 1.90. The van der Waals surface area contributed by atoms with Crippen molar-refractivity contribution in [2.45, 2.75) is 40.5 Å². The van der Waals surface area contributed by atoms with Gasteiger partial charge in [0.15, 0.2) is 5.75 Å². The summed E-state index contributed by atoms with van der Waals surface area (Å²) in [6.07, 6.45) is 0. The van der Waals surface area contributed by atoms with Gasteiger partial charge in [0, 0.05) is 19.3 Å². The smallest absolute Gasteiger partial charge is 0.238 e. The van der Waals surface area contributed by atoms with Gasteiger partial charge in [-0.05, 0) is 62.6 Å². The predicted molar refractivity (Wildman–Crippen MR) is 118 cm³/mol. The minimum Gasteiger partial charge on any atom is -0.451 e. The Labute approximate surface area is 172 Å². The number of hydrogen-bond acceptors (Lipinski definition) is 5. The standard InChI is InChI=1S/C23H29N5O/c1-7-28(6)18-10-13-20(17(5)14-18)24-26-23-22(21(15(2)3)25-27-23)29-19-11-8-16(4)9-12-19/h8-15H,7H2,1-6H3,(H,25,27). The van der Waals surface area contributed by atoms with Gasteiger partial charge in [-0.1, -0.05) is 31.5 Å². The number of nitrogens with zero attached hydrogens (tertiary/aromatic N) is 4. The first-order valence-electron chi connectivity index (χ1n) is 9.95. The summed E-state index contributed by atoms with van der Waals surface area (Å²) in [6.45, 7) is 11.3. The van der Waals surface area contributed by atoms with Gasteiger partial charge in [0.25, 0.3) is 0 Å². The van der Waals surface area contributed by atoms with Gasteiger partial charge in [-0.2, -0.15) is 0 Å². The molecule has 3 rings (SSSR count). The molecule has 152 valence electrons. The van der Waals surface area contributed by atoms with Gasteiger partial charge in [-0.3, -0.25) is 5.10 Å². The monoisotopic (exact) mass is 391 g/mol. The van der Waals surface area contributed by atoms with E-state index < -0.39 is 0 Å². The van der Waals surface area contributed by atoms with E-state index in [1.54, 1.807) is 0 Å². The summed E-state index contributed by atoms with van der Waals surface area (Å²) in [5.74, 6) is 2.03. The summed E-state index contributed by atoms with van der Waals surface area (Å²) in [4.78, 5) is 2.18. The van der Waals surface area contributed by atoms with Crippen molar-refractivity contribution in [3.63, 3.8) is 0 Å². The summed E-state index contributed by atoms with van der Waals surface area (Å²) in [5, 5.41) is 16.2. The van der Waals surface area contributed by atoms with Gasteiger partial charge in [-0.25, -0.2) is 0 Å². The molecule has 0 aliphatic heterocycles. The lowest BCUT2D eigenvalue weighted by Gasteiger charge is -2.17. The lowest BCUT2D eigenvalue weighted by Crippen LogP contribution is -2.15. The fourth-order valence-electron chi connectivity index (χ4n) is 2.89. The van der Waals surface area contributed by atoms with Gasteiger partial charge in [-0.15, -0.1) is 15.3 Å². The van der Waals surface area contributed by atoms with E-state index in [1.807, 2.05) is 44.2 Å². The first kappa shape index (κ1) is 20.6. The van der Waals surface area contributed by atoms with Crippen LogP contribution in [0.4, 0.5) is 17.2 Å². The van der Waals surface area contributed by atoms with Gasteiger partial charge < -0.3 is 9.64 Å². The van der Waals surface area contributed by atoms with Crippen molar-refractivity contribution in [3.05, 3.63) is 59.3 Å². The summed E-state index contributed by atoms with van der Waals surface area (Å²) in [5.41, 5.74) is 5.12. The Hall–Kier alpha value is -3.15. The fraction of sp³-hybridized carbons (Fsp3) is 0.348. The molecule has 0 radical (unpaired) electrons. The van der Waals surface area contributed by atoms with Crippen LogP contribution in [-0.2, 0) is 0 Å². The number of nitrogens with one attached hydrogen (secondary N) is 1. The summed E-state index contributed by atoms with van der Waals surface area (Å²) in [6, 6.07) is 14.1. The molecule has 0 saturated heterocycles. The van der Waals surface area contributed by atoms with E-state index >= 15 is 0 Å². The van der Waals surface area contributed by atoms with E-state index in [4.69, 9.17) is 4.74 Å². The zero-order chi connectivity index (χ0) is 21.0. The molecule has 1 heterocycles. The number of aromatic nitrogens is 2. The largest absolute Gasteiger partial charge is 0.451 e. The number of aryl methyl sites for hydroxylation is 2. The molecular weight excluding hydrogens is 362 g/mol. The van der Waals surface area contributed by atoms with Crippen molar-refractivity contribution in [2.75, 3.05) is 18.5 Å². The number of aromatic amines is 1. The van der Waals surface area contributed by atoms with E-state index in [0.29, 0.717) is 11.6 Å². The van der Waals surface area contributed by atoms with Gasteiger partial charge in [0.1, 0.15) is 5.75 Å². The van der Waals surface area contributed by atoms with Crippen LogP contribution in [0.15, 0.2) is 52.7 Å². The first-order chi connectivity index (χ1) is 13.9. The first-order valence-corrected chi connectivity index (χ1v) is 9.95. The summed E-state index contributed by atoms with van der Waals surface area (Å²) in [7, 11) is 2.07. The zero-order valence-electron chi connectivity index (χ0n) is 18.0. The maximum absolute atomic E-state index is 6.13. The second kappa shape index (κ2) is 8.90. The van der Waals surface area contributed by atoms with Crippen LogP contribution in [0.3, 0.4) is 0 Å². The third-order valence-electron chi connectivity index (χ3n) is 4.90. The molecule has 29 heavy (non-hydrogen) atoms. The maximum atomic E-state index is 6.13. The highest BCUT2D eigenvalue weighted by Crippen LogP contribution is 2.38. The lowest BCUT2D eigenvalue weighted by atomic mass is 10.1. The van der Waals surface area contributed by atoms with Crippen LogP contribution >= 0.6 is 0 Å². The third kappa shape index (κ3) is 4.83. The number of ether oxygens (including phenoxy) is 1. The van der Waals surface area contributed by atoms with Crippen LogP contribution in [-0.4, -0.2) is 23.8 Å². The van der Waals surface area contributed by atoms with Crippen LogP contribution in [0.2, 0.25) is 0 Å². The summed E-state index contributed by atoms with van der Waals surface area (Å²) < 4.78 is 6.13. The Morgan fingerprint density at radius 2 is 1.79 bits per heavy atom. The van der Waals surface area contributed by atoms with Crippen molar-refractivity contribution in [3.8, 4) is 11.5 Å². The fourth-order valence-corrected chi connectivity index (χ4v) is 2.89. The second-order valence-electron chi connectivity index (χ2n) is 7.54. The molecule has 2 aromatic carbocycles. The lowest BCUT2D eigenvalue weighted by molar-refractivity contribution is 0.474. The minimum absolute atomic E-state index is 0.220. The molecule has 6 heteroatoms. The zero-order valence-corrected chi connectivity index (χ0v) is 18.0. The topological polar surface area (TPSA) is 65.9 Å². The predicted octanol–water partition coefficient (Wildman–Crippen LogP) is 6.81. The Kier molecular flexibility index (Phi) is 6.32. The molecule has 1 aromatic heterocycles. The Morgan fingerprint density at radius 1 is 1.07 bits per heavy atom. The van der Waals surface area contributed by atoms with Crippen LogP contribution in [0.25, 0.3) is 0 Å². The van der Waals surface area contributed by atoms with Gasteiger partial charge >= 0.3 is 0 Å². The van der Waals surface area contributed by atoms with E-state index in [-0.39, 0.29) is 5.92 Å². The van der Waals surface area contributed by atoms with E-state index in [1.165, 1.54) is 5.56 Å². The molecule has 0 unspecified atom stereocenters. The van der Waals surface area contributed by atoms with E-state index in [9.17, 15) is 0 Å². The summed E-state index contributed by atoms with van der Waals surface area (Å²) >= 11 is 0. The molecule has 0 amide bonds. The second-order valence-corrected chi connectivity index (χ2v) is 7.54. The van der Waals surface area contributed by atoms with E-state index in [0.717, 1.165) is 34.9 Å². The van der Waals surface area contributed by atoms with Crippen molar-refractivity contribution in [1.82, 2.24) is 10.2 Å². The molecule has 0 spiro atoms. The number of benzene rings is 2. The van der Waals surface area contributed by atoms with Gasteiger partial charge in [0.05, 0.1) is 11.4 Å². The van der Waals surface area contributed by atoms with Gasteiger partial charge in [0.2, 0.25) is 5.82 Å². The number of H-pyrrole nitrogens is 1. The number of rotatable bonds is 7. The highest BCUT2D eigenvalue weighted by molar-refractivity contribution is 5.58. The quantitative estimate of drug-likeness (QED) is 0.450. The molecular formula is C23H29N5O. The molecule has 6 nitrogen and oxygen atoms in total. The Morgan fingerprint density at radius 3 is 2.41 bits per heavy atom. The third-order valence-corrected chi connectivity index (χ3v) is 4.90. The van der Waals surface area contributed by atoms with Crippen LogP contribution in [0, 0.1) is 13.8 Å². The molecule has 0 bridgehead atoms. The number of azo groups is 1.